The van der Waals surface area contributed by atoms with Crippen molar-refractivity contribution < 1.29 is 0 Å². The van der Waals surface area contributed by atoms with Crippen LogP contribution in [0.25, 0.3) is 0 Å². The van der Waals surface area contributed by atoms with Crippen molar-refractivity contribution in [3.8, 4) is 0 Å². The van der Waals surface area contributed by atoms with Crippen molar-refractivity contribution >= 4 is 5.71 Å². The predicted molar refractivity (Wildman–Crippen MR) is 33.1 cm³/mol. The van der Waals surface area contributed by atoms with Crippen LogP contribution in [-0.2, 0) is 0 Å². The van der Waals surface area contributed by atoms with E-state index in [1.54, 1.807) is 0 Å². The zero-order chi connectivity index (χ0) is 5.56. The molecule has 2 unspecified atom stereocenters. The molecule has 0 aromatic heterocycles. The van der Waals surface area contributed by atoms with Gasteiger partial charge in [-0.15, -0.1) is 0 Å². The average molecular weight is 107 g/mol. The molecule has 2 aliphatic carbocycles. The molecule has 0 saturated heterocycles. The highest BCUT2D eigenvalue weighted by atomic mass is 14.5. The van der Waals surface area contributed by atoms with Crippen LogP contribution in [-0.4, -0.2) is 5.71 Å². The van der Waals surface area contributed by atoms with E-state index < -0.39 is 0 Å². The van der Waals surface area contributed by atoms with Crippen molar-refractivity contribution in [2.75, 3.05) is 0 Å². The topological polar surface area (TPSA) is 23.9 Å². The Morgan fingerprint density at radius 3 is 2.62 bits per heavy atom. The molecule has 1 nitrogen and oxygen atoms in total. The quantitative estimate of drug-likeness (QED) is 0.455. The van der Waals surface area contributed by atoms with Gasteiger partial charge in [-0.3, -0.25) is 0 Å². The molecule has 0 radical (unpaired) electrons. The largest absolute Gasteiger partial charge is 0.309 e. The first-order chi connectivity index (χ1) is 3.86. The second-order valence-electron chi connectivity index (χ2n) is 2.72. The summed E-state index contributed by atoms with van der Waals surface area (Å²) < 4.78 is 0. The number of rotatable bonds is 0. The number of allylic oxidation sites excluding steroid dienone is 2. The zero-order valence-electron chi connectivity index (χ0n) is 4.72. The van der Waals surface area contributed by atoms with Crippen LogP contribution in [0.3, 0.4) is 0 Å². The lowest BCUT2D eigenvalue weighted by Gasteiger charge is -2.00. The van der Waals surface area contributed by atoms with Gasteiger partial charge in [0.1, 0.15) is 0 Å². The molecule has 1 N–H and O–H groups in total. The van der Waals surface area contributed by atoms with Gasteiger partial charge in [-0.1, -0.05) is 12.2 Å². The molecule has 0 aliphatic heterocycles. The lowest BCUT2D eigenvalue weighted by Crippen LogP contribution is -2.01. The molecule has 2 aliphatic rings. The molecule has 1 heteroatoms. The highest BCUT2D eigenvalue weighted by molar-refractivity contribution is 5.89. The maximum atomic E-state index is 7.39. The Hall–Kier alpha value is -0.590. The van der Waals surface area contributed by atoms with Crippen LogP contribution in [0.4, 0.5) is 0 Å². The van der Waals surface area contributed by atoms with Crippen molar-refractivity contribution in [1.82, 2.24) is 0 Å². The highest BCUT2D eigenvalue weighted by Gasteiger charge is 2.30. The van der Waals surface area contributed by atoms with E-state index in [1.807, 2.05) is 0 Å². The molecule has 2 atom stereocenters. The van der Waals surface area contributed by atoms with Crippen molar-refractivity contribution in [3.63, 3.8) is 0 Å². The zero-order valence-corrected chi connectivity index (χ0v) is 4.72. The molecular formula is C7H9N. The van der Waals surface area contributed by atoms with Crippen LogP contribution in [0.5, 0.6) is 0 Å². The third-order valence-corrected chi connectivity index (χ3v) is 2.10. The number of nitrogens with one attached hydrogen (secondary N) is 1. The summed E-state index contributed by atoms with van der Waals surface area (Å²) in [7, 11) is 0. The van der Waals surface area contributed by atoms with Crippen molar-refractivity contribution in [3.05, 3.63) is 12.2 Å². The molecule has 0 aromatic carbocycles. The van der Waals surface area contributed by atoms with Gasteiger partial charge < -0.3 is 5.41 Å². The first-order valence-electron chi connectivity index (χ1n) is 3.12. The summed E-state index contributed by atoms with van der Waals surface area (Å²) >= 11 is 0. The Labute approximate surface area is 48.9 Å². The van der Waals surface area contributed by atoms with Crippen LogP contribution in [0.2, 0.25) is 0 Å². The van der Waals surface area contributed by atoms with Crippen molar-refractivity contribution in [2.45, 2.75) is 12.8 Å². The van der Waals surface area contributed by atoms with Crippen LogP contribution < -0.4 is 0 Å². The summed E-state index contributed by atoms with van der Waals surface area (Å²) in [5, 5.41) is 7.39. The summed E-state index contributed by atoms with van der Waals surface area (Å²) in [6.45, 7) is 0. The maximum Gasteiger partial charge on any atom is 0.0164 e. The van der Waals surface area contributed by atoms with Gasteiger partial charge >= 0.3 is 0 Å². The van der Waals surface area contributed by atoms with E-state index in [1.165, 1.54) is 6.42 Å². The van der Waals surface area contributed by atoms with Gasteiger partial charge in [0, 0.05) is 11.6 Å². The van der Waals surface area contributed by atoms with Crippen LogP contribution in [0, 0.1) is 17.2 Å². The Morgan fingerprint density at radius 2 is 2.38 bits per heavy atom. The van der Waals surface area contributed by atoms with Gasteiger partial charge in [0.05, 0.1) is 0 Å². The summed E-state index contributed by atoms with van der Waals surface area (Å²) in [6.07, 6.45) is 6.71. The fraction of sp³-hybridized carbons (Fsp3) is 0.571. The van der Waals surface area contributed by atoms with Gasteiger partial charge in [-0.2, -0.15) is 0 Å². The Morgan fingerprint density at radius 1 is 1.50 bits per heavy atom. The highest BCUT2D eigenvalue weighted by Crippen LogP contribution is 2.35. The van der Waals surface area contributed by atoms with Crippen molar-refractivity contribution in [2.24, 2.45) is 11.8 Å². The van der Waals surface area contributed by atoms with Gasteiger partial charge in [-0.25, -0.2) is 0 Å². The summed E-state index contributed by atoms with van der Waals surface area (Å²) in [6, 6.07) is 0. The number of hydrogen-bond acceptors (Lipinski definition) is 1. The molecule has 1 fully saturated rings. The van der Waals surface area contributed by atoms with Crippen molar-refractivity contribution in [1.29, 1.82) is 5.41 Å². The monoisotopic (exact) mass is 107 g/mol. The smallest absolute Gasteiger partial charge is 0.0164 e. The fourth-order valence-electron chi connectivity index (χ4n) is 1.62. The molecule has 0 heterocycles. The standard InChI is InChI=1S/C7H9N/c8-7-4-5-1-2-6(7)3-5/h1-2,5-6,8H,3-4H2. The van der Waals surface area contributed by atoms with E-state index >= 15 is 0 Å². The van der Waals surface area contributed by atoms with E-state index in [0.717, 1.165) is 18.1 Å². The van der Waals surface area contributed by atoms with E-state index in [2.05, 4.69) is 12.2 Å². The minimum atomic E-state index is 0.542. The summed E-state index contributed by atoms with van der Waals surface area (Å²) in [5.74, 6) is 1.28. The molecule has 1 saturated carbocycles. The average Bonchev–Trinajstić information content (AvgIpc) is 2.23. The molecule has 0 amide bonds. The van der Waals surface area contributed by atoms with Gasteiger partial charge in [0.2, 0.25) is 0 Å². The first kappa shape index (κ1) is 4.30. The second kappa shape index (κ2) is 1.22. The van der Waals surface area contributed by atoms with Gasteiger partial charge in [0.15, 0.2) is 0 Å². The van der Waals surface area contributed by atoms with Crippen LogP contribution >= 0.6 is 0 Å². The third kappa shape index (κ3) is 0.391. The predicted octanol–water partition coefficient (Wildman–Crippen LogP) is 1.60. The second-order valence-corrected chi connectivity index (χ2v) is 2.72. The summed E-state index contributed by atoms with van der Waals surface area (Å²) in [5.41, 5.74) is 0.956. The van der Waals surface area contributed by atoms with E-state index in [0.29, 0.717) is 5.92 Å². The van der Waals surface area contributed by atoms with E-state index in [-0.39, 0.29) is 0 Å². The first-order valence-corrected chi connectivity index (χ1v) is 3.12. The lowest BCUT2D eigenvalue weighted by atomic mass is 10.1. The molecule has 2 rings (SSSR count). The Bertz CT molecular complexity index is 158. The van der Waals surface area contributed by atoms with Crippen LogP contribution in [0.15, 0.2) is 12.2 Å². The maximum absolute atomic E-state index is 7.39. The molecule has 8 heavy (non-hydrogen) atoms. The van der Waals surface area contributed by atoms with E-state index in [9.17, 15) is 0 Å². The summed E-state index contributed by atoms with van der Waals surface area (Å²) in [4.78, 5) is 0. The third-order valence-electron chi connectivity index (χ3n) is 2.10. The SMILES string of the molecule is N=C1CC2C=CC1C2. The van der Waals surface area contributed by atoms with Gasteiger partial charge in [0.25, 0.3) is 0 Å². The molecular weight excluding hydrogens is 98.1 g/mol. The number of fused-ring (bicyclic) bond motifs is 2. The minimum Gasteiger partial charge on any atom is -0.309 e. The molecule has 42 valence electrons. The molecule has 0 aromatic rings. The van der Waals surface area contributed by atoms with E-state index in [4.69, 9.17) is 5.41 Å². The minimum absolute atomic E-state index is 0.542. The van der Waals surface area contributed by atoms with Crippen LogP contribution in [0.1, 0.15) is 12.8 Å². The van der Waals surface area contributed by atoms with Gasteiger partial charge in [-0.05, 0) is 18.8 Å². The number of hydrogen-bond donors (Lipinski definition) is 1. The fourth-order valence-corrected chi connectivity index (χ4v) is 1.62. The normalized spacial score (nSPS) is 41.8. The molecule has 0 spiro atoms. The molecule has 2 bridgehead atoms. The Balaban J connectivity index is 2.35. The lowest BCUT2D eigenvalue weighted by molar-refractivity contribution is 0.693. The Kier molecular flexibility index (Phi) is 0.655.